The smallest absolute Gasteiger partial charge is 0.343 e. The van der Waals surface area contributed by atoms with Crippen LogP contribution in [0.1, 0.15) is 50.5 Å². The van der Waals surface area contributed by atoms with Crippen LogP contribution in [0.15, 0.2) is 46.9 Å². The molecule has 0 heterocycles. The van der Waals surface area contributed by atoms with Gasteiger partial charge in [0, 0.05) is 0 Å². The maximum Gasteiger partial charge on any atom is 0.343 e. The van der Waals surface area contributed by atoms with E-state index in [0.717, 1.165) is 10.2 Å². The van der Waals surface area contributed by atoms with E-state index < -0.39 is 0 Å². The zero-order chi connectivity index (χ0) is 18.6. The maximum absolute atomic E-state index is 12.3. The molecule has 0 spiro atoms. The lowest BCUT2D eigenvalue weighted by Gasteiger charge is -2.20. The Labute approximate surface area is 158 Å². The molecular weight excluding hydrogens is 380 g/mol. The number of carbonyl (C=O) groups excluding carboxylic acids is 1. The molecule has 0 aliphatic heterocycles. The molecule has 0 radical (unpaired) electrons. The Morgan fingerprint density at radius 1 is 1.08 bits per heavy atom. The summed E-state index contributed by atoms with van der Waals surface area (Å²) >= 11 is 3.49. The number of hydrogen-bond donors (Lipinski definition) is 0. The first-order valence-corrected chi connectivity index (χ1v) is 9.21. The summed E-state index contributed by atoms with van der Waals surface area (Å²) in [5.74, 6) is 1.33. The summed E-state index contributed by atoms with van der Waals surface area (Å²) < 4.78 is 11.9. The van der Waals surface area contributed by atoms with Crippen LogP contribution in [0, 0.1) is 5.92 Å². The fraction of sp³-hybridized carbons (Fsp3) is 0.381. The molecule has 0 fully saturated rings. The SMILES string of the molecule is CC(C)COc1ccc(C(=O)Oc2ccc(C(C)(C)C)cc2Br)cc1. The van der Waals surface area contributed by atoms with Gasteiger partial charge in [-0.1, -0.05) is 40.7 Å². The Balaban J connectivity index is 2.07. The molecule has 0 unspecified atom stereocenters. The van der Waals surface area contributed by atoms with Gasteiger partial charge in [0.1, 0.15) is 11.5 Å². The highest BCUT2D eigenvalue weighted by Gasteiger charge is 2.17. The van der Waals surface area contributed by atoms with Gasteiger partial charge in [-0.2, -0.15) is 0 Å². The first-order chi connectivity index (χ1) is 11.7. The molecule has 25 heavy (non-hydrogen) atoms. The molecule has 0 atom stereocenters. The van der Waals surface area contributed by atoms with Crippen LogP contribution in [-0.2, 0) is 5.41 Å². The number of rotatable bonds is 5. The third-order valence-corrected chi connectivity index (χ3v) is 4.29. The van der Waals surface area contributed by atoms with Gasteiger partial charge in [0.15, 0.2) is 0 Å². The fourth-order valence-electron chi connectivity index (χ4n) is 2.16. The highest BCUT2D eigenvalue weighted by atomic mass is 79.9. The minimum Gasteiger partial charge on any atom is -0.493 e. The van der Waals surface area contributed by atoms with E-state index in [4.69, 9.17) is 9.47 Å². The molecule has 0 bridgehead atoms. The molecule has 0 N–H and O–H groups in total. The van der Waals surface area contributed by atoms with Gasteiger partial charge in [-0.25, -0.2) is 4.79 Å². The average Bonchev–Trinajstić information content (AvgIpc) is 2.54. The number of hydrogen-bond acceptors (Lipinski definition) is 3. The number of esters is 1. The van der Waals surface area contributed by atoms with Gasteiger partial charge in [-0.05, 0) is 69.2 Å². The predicted molar refractivity (Wildman–Crippen MR) is 105 cm³/mol. The summed E-state index contributed by atoms with van der Waals surface area (Å²) in [5.41, 5.74) is 1.70. The van der Waals surface area contributed by atoms with Crippen molar-refractivity contribution < 1.29 is 14.3 Å². The molecule has 2 aromatic carbocycles. The second-order valence-electron chi connectivity index (χ2n) is 7.51. The van der Waals surface area contributed by atoms with Crippen LogP contribution in [-0.4, -0.2) is 12.6 Å². The molecule has 0 aromatic heterocycles. The molecule has 0 saturated carbocycles. The second-order valence-corrected chi connectivity index (χ2v) is 8.37. The zero-order valence-electron chi connectivity index (χ0n) is 15.4. The summed E-state index contributed by atoms with van der Waals surface area (Å²) in [7, 11) is 0. The van der Waals surface area contributed by atoms with Crippen molar-refractivity contribution in [1.29, 1.82) is 0 Å². The van der Waals surface area contributed by atoms with Crippen molar-refractivity contribution >= 4 is 21.9 Å². The van der Waals surface area contributed by atoms with E-state index in [2.05, 4.69) is 50.5 Å². The Kier molecular flexibility index (Phi) is 6.28. The van der Waals surface area contributed by atoms with Crippen LogP contribution < -0.4 is 9.47 Å². The third-order valence-electron chi connectivity index (χ3n) is 3.67. The van der Waals surface area contributed by atoms with Crippen LogP contribution in [0.3, 0.4) is 0 Å². The van der Waals surface area contributed by atoms with E-state index in [1.54, 1.807) is 24.3 Å². The summed E-state index contributed by atoms with van der Waals surface area (Å²) in [4.78, 5) is 12.3. The molecule has 134 valence electrons. The molecule has 3 nitrogen and oxygen atoms in total. The Hall–Kier alpha value is -1.81. The van der Waals surface area contributed by atoms with E-state index in [-0.39, 0.29) is 11.4 Å². The molecule has 2 aromatic rings. The van der Waals surface area contributed by atoms with Gasteiger partial charge < -0.3 is 9.47 Å². The summed E-state index contributed by atoms with van der Waals surface area (Å²) in [6, 6.07) is 12.8. The average molecular weight is 405 g/mol. The number of halogens is 1. The molecule has 0 aliphatic carbocycles. The maximum atomic E-state index is 12.3. The van der Waals surface area contributed by atoms with E-state index >= 15 is 0 Å². The standard InChI is InChI=1S/C21H25BrO3/c1-14(2)13-24-17-9-6-15(7-10-17)20(23)25-19-11-8-16(12-18(19)22)21(3,4)5/h6-12,14H,13H2,1-5H3. The Morgan fingerprint density at radius 2 is 1.72 bits per heavy atom. The highest BCUT2D eigenvalue weighted by molar-refractivity contribution is 9.10. The topological polar surface area (TPSA) is 35.5 Å². The van der Waals surface area contributed by atoms with Crippen LogP contribution in [0.5, 0.6) is 11.5 Å². The van der Waals surface area contributed by atoms with Crippen molar-refractivity contribution in [3.05, 3.63) is 58.1 Å². The molecule has 0 saturated heterocycles. The van der Waals surface area contributed by atoms with Gasteiger partial charge in [0.25, 0.3) is 0 Å². The van der Waals surface area contributed by atoms with Crippen molar-refractivity contribution in [2.45, 2.75) is 40.0 Å². The lowest BCUT2D eigenvalue weighted by Crippen LogP contribution is -2.12. The lowest BCUT2D eigenvalue weighted by molar-refractivity contribution is 0.0733. The number of benzene rings is 2. The number of ether oxygens (including phenoxy) is 2. The Bertz CT molecular complexity index is 728. The third kappa shape index (κ3) is 5.60. The molecule has 0 amide bonds. The minimum absolute atomic E-state index is 0.0386. The first-order valence-electron chi connectivity index (χ1n) is 8.42. The predicted octanol–water partition coefficient (Wildman–Crippen LogP) is 6.00. The van der Waals surface area contributed by atoms with E-state index in [9.17, 15) is 4.79 Å². The zero-order valence-corrected chi connectivity index (χ0v) is 17.0. The normalized spacial score (nSPS) is 11.5. The molecular formula is C21H25BrO3. The van der Waals surface area contributed by atoms with E-state index in [0.29, 0.717) is 23.8 Å². The van der Waals surface area contributed by atoms with Gasteiger partial charge >= 0.3 is 5.97 Å². The molecule has 0 aliphatic rings. The molecule has 2 rings (SSSR count). The van der Waals surface area contributed by atoms with E-state index in [1.165, 1.54) is 5.56 Å². The van der Waals surface area contributed by atoms with Gasteiger partial charge in [-0.3, -0.25) is 0 Å². The van der Waals surface area contributed by atoms with Gasteiger partial charge in [-0.15, -0.1) is 0 Å². The van der Waals surface area contributed by atoms with Crippen molar-refractivity contribution in [2.24, 2.45) is 5.92 Å². The van der Waals surface area contributed by atoms with Crippen LogP contribution in [0.4, 0.5) is 0 Å². The van der Waals surface area contributed by atoms with Crippen molar-refractivity contribution in [3.8, 4) is 11.5 Å². The second kappa shape index (κ2) is 8.05. The van der Waals surface area contributed by atoms with Crippen molar-refractivity contribution in [3.63, 3.8) is 0 Å². The summed E-state index contributed by atoms with van der Waals surface area (Å²) in [6.07, 6.45) is 0. The first kappa shape index (κ1) is 19.5. The fourth-order valence-corrected chi connectivity index (χ4v) is 2.62. The minimum atomic E-state index is -0.389. The van der Waals surface area contributed by atoms with Crippen molar-refractivity contribution in [1.82, 2.24) is 0 Å². The van der Waals surface area contributed by atoms with E-state index in [1.807, 2.05) is 18.2 Å². The van der Waals surface area contributed by atoms with Crippen LogP contribution >= 0.6 is 15.9 Å². The highest BCUT2D eigenvalue weighted by Crippen LogP contribution is 2.32. The summed E-state index contributed by atoms with van der Waals surface area (Å²) in [6.45, 7) is 11.3. The quantitative estimate of drug-likeness (QED) is 0.452. The van der Waals surface area contributed by atoms with Crippen LogP contribution in [0.25, 0.3) is 0 Å². The largest absolute Gasteiger partial charge is 0.493 e. The van der Waals surface area contributed by atoms with Crippen LogP contribution in [0.2, 0.25) is 0 Å². The van der Waals surface area contributed by atoms with Gasteiger partial charge in [0.2, 0.25) is 0 Å². The van der Waals surface area contributed by atoms with Crippen molar-refractivity contribution in [2.75, 3.05) is 6.61 Å². The number of carbonyl (C=O) groups is 1. The van der Waals surface area contributed by atoms with Gasteiger partial charge in [0.05, 0.1) is 16.6 Å². The monoisotopic (exact) mass is 404 g/mol. The molecule has 4 heteroatoms. The lowest BCUT2D eigenvalue weighted by atomic mass is 9.87. The summed E-state index contributed by atoms with van der Waals surface area (Å²) in [5, 5.41) is 0. The Morgan fingerprint density at radius 3 is 2.24 bits per heavy atom.